The number of nitrogens with zero attached hydrogens (tertiary/aromatic N) is 1. The third kappa shape index (κ3) is 3.49. The number of rotatable bonds is 6. The van der Waals surface area contributed by atoms with E-state index in [-0.39, 0.29) is 5.91 Å². The zero-order valence-electron chi connectivity index (χ0n) is 10.9. The number of amides is 1. The van der Waals surface area contributed by atoms with Crippen molar-refractivity contribution in [3.05, 3.63) is 35.4 Å². The van der Waals surface area contributed by atoms with E-state index in [0.29, 0.717) is 18.3 Å². The molecule has 3 heteroatoms. The van der Waals surface area contributed by atoms with Crippen molar-refractivity contribution in [2.24, 2.45) is 0 Å². The fourth-order valence-corrected chi connectivity index (χ4v) is 2.27. The minimum absolute atomic E-state index is 0.187. The number of hydrogen-bond donors (Lipinski definition) is 0. The van der Waals surface area contributed by atoms with Gasteiger partial charge in [-0.15, -0.1) is 11.6 Å². The minimum atomic E-state index is 0.187. The first-order valence-electron chi connectivity index (χ1n) is 6.68. The standard InChI is InChI=1S/C15H20ClNO/c1-2-12-3-5-13(6-4-12)11-17(14-7-8-14)15(18)9-10-16/h3-6,14H,2,7-11H2,1H3. The van der Waals surface area contributed by atoms with Crippen molar-refractivity contribution in [2.75, 3.05) is 5.88 Å². The van der Waals surface area contributed by atoms with Crippen LogP contribution in [0.2, 0.25) is 0 Å². The molecule has 1 aliphatic carbocycles. The molecule has 0 saturated heterocycles. The molecule has 1 amide bonds. The lowest BCUT2D eigenvalue weighted by molar-refractivity contribution is -0.132. The van der Waals surface area contributed by atoms with Crippen LogP contribution in [-0.2, 0) is 17.8 Å². The molecule has 0 radical (unpaired) electrons. The van der Waals surface area contributed by atoms with Crippen molar-refractivity contribution >= 4 is 17.5 Å². The van der Waals surface area contributed by atoms with Crippen molar-refractivity contribution in [1.82, 2.24) is 4.90 Å². The predicted molar refractivity (Wildman–Crippen MR) is 74.7 cm³/mol. The highest BCUT2D eigenvalue weighted by molar-refractivity contribution is 6.18. The average molecular weight is 266 g/mol. The molecule has 0 aromatic heterocycles. The molecular formula is C15H20ClNO. The maximum atomic E-state index is 12.0. The maximum absolute atomic E-state index is 12.0. The lowest BCUT2D eigenvalue weighted by atomic mass is 10.1. The second-order valence-corrected chi connectivity index (χ2v) is 5.24. The average Bonchev–Trinajstić information content (AvgIpc) is 3.21. The van der Waals surface area contributed by atoms with Crippen LogP contribution in [0.3, 0.4) is 0 Å². The molecule has 0 N–H and O–H groups in total. The van der Waals surface area contributed by atoms with E-state index in [1.807, 2.05) is 4.90 Å². The summed E-state index contributed by atoms with van der Waals surface area (Å²) in [4.78, 5) is 14.0. The van der Waals surface area contributed by atoms with Crippen molar-refractivity contribution in [1.29, 1.82) is 0 Å². The molecule has 18 heavy (non-hydrogen) atoms. The minimum Gasteiger partial charge on any atom is -0.335 e. The highest BCUT2D eigenvalue weighted by Crippen LogP contribution is 2.29. The number of benzene rings is 1. The molecule has 98 valence electrons. The highest BCUT2D eigenvalue weighted by Gasteiger charge is 2.31. The van der Waals surface area contributed by atoms with Crippen LogP contribution in [0.1, 0.15) is 37.3 Å². The van der Waals surface area contributed by atoms with Gasteiger partial charge in [0.25, 0.3) is 0 Å². The maximum Gasteiger partial charge on any atom is 0.224 e. The van der Waals surface area contributed by atoms with Crippen LogP contribution in [0, 0.1) is 0 Å². The van der Waals surface area contributed by atoms with Crippen molar-refractivity contribution in [3.63, 3.8) is 0 Å². The van der Waals surface area contributed by atoms with Gasteiger partial charge < -0.3 is 4.90 Å². The van der Waals surface area contributed by atoms with E-state index < -0.39 is 0 Å². The third-order valence-electron chi connectivity index (χ3n) is 3.40. The predicted octanol–water partition coefficient (Wildman–Crippen LogP) is 3.37. The molecule has 0 atom stereocenters. The Morgan fingerprint density at radius 1 is 1.28 bits per heavy atom. The second-order valence-electron chi connectivity index (χ2n) is 4.86. The summed E-state index contributed by atoms with van der Waals surface area (Å²) < 4.78 is 0. The smallest absolute Gasteiger partial charge is 0.224 e. The largest absolute Gasteiger partial charge is 0.335 e. The van der Waals surface area contributed by atoms with Gasteiger partial charge in [-0.25, -0.2) is 0 Å². The number of halogens is 1. The molecule has 1 fully saturated rings. The van der Waals surface area contributed by atoms with Gasteiger partial charge in [0, 0.05) is 24.9 Å². The van der Waals surface area contributed by atoms with E-state index in [1.54, 1.807) is 0 Å². The summed E-state index contributed by atoms with van der Waals surface area (Å²) in [6, 6.07) is 9.00. The SMILES string of the molecule is CCc1ccc(CN(C(=O)CCCl)C2CC2)cc1. The molecule has 0 bridgehead atoms. The molecule has 1 aliphatic rings. The number of aryl methyl sites for hydroxylation is 1. The zero-order valence-corrected chi connectivity index (χ0v) is 11.6. The van der Waals surface area contributed by atoms with E-state index in [9.17, 15) is 4.79 Å². The molecule has 1 saturated carbocycles. The molecular weight excluding hydrogens is 246 g/mol. The Hall–Kier alpha value is -1.02. The van der Waals surface area contributed by atoms with E-state index in [4.69, 9.17) is 11.6 Å². The molecule has 0 heterocycles. The lowest BCUT2D eigenvalue weighted by Gasteiger charge is -2.22. The van der Waals surface area contributed by atoms with Crippen LogP contribution in [-0.4, -0.2) is 22.7 Å². The fourth-order valence-electron chi connectivity index (χ4n) is 2.11. The van der Waals surface area contributed by atoms with Crippen LogP contribution >= 0.6 is 11.6 Å². The number of carbonyl (C=O) groups is 1. The lowest BCUT2D eigenvalue weighted by Crippen LogP contribution is -2.32. The van der Waals surface area contributed by atoms with Crippen LogP contribution in [0.4, 0.5) is 0 Å². The van der Waals surface area contributed by atoms with E-state index in [2.05, 4.69) is 31.2 Å². The Bertz CT molecular complexity index is 397. The van der Waals surface area contributed by atoms with Gasteiger partial charge in [0.05, 0.1) is 0 Å². The van der Waals surface area contributed by atoms with Crippen LogP contribution in [0.15, 0.2) is 24.3 Å². The van der Waals surface area contributed by atoms with Gasteiger partial charge in [-0.2, -0.15) is 0 Å². The highest BCUT2D eigenvalue weighted by atomic mass is 35.5. The Morgan fingerprint density at radius 2 is 1.89 bits per heavy atom. The Balaban J connectivity index is 2.01. The number of hydrogen-bond acceptors (Lipinski definition) is 1. The number of alkyl halides is 1. The van der Waals surface area contributed by atoms with E-state index in [0.717, 1.165) is 25.8 Å². The molecule has 1 aromatic carbocycles. The molecule has 0 aliphatic heterocycles. The zero-order chi connectivity index (χ0) is 13.0. The van der Waals surface area contributed by atoms with Crippen molar-refractivity contribution in [2.45, 2.75) is 45.2 Å². The third-order valence-corrected chi connectivity index (χ3v) is 3.59. The topological polar surface area (TPSA) is 20.3 Å². The summed E-state index contributed by atoms with van der Waals surface area (Å²) in [6.45, 7) is 2.87. The van der Waals surface area contributed by atoms with Crippen molar-refractivity contribution in [3.8, 4) is 0 Å². The van der Waals surface area contributed by atoms with Crippen LogP contribution in [0.5, 0.6) is 0 Å². The first-order chi connectivity index (χ1) is 8.74. The Kier molecular flexibility index (Phi) is 4.65. The Labute approximate surface area is 114 Å². The van der Waals surface area contributed by atoms with Gasteiger partial charge in [-0.3, -0.25) is 4.79 Å². The quantitative estimate of drug-likeness (QED) is 0.722. The van der Waals surface area contributed by atoms with E-state index >= 15 is 0 Å². The summed E-state index contributed by atoms with van der Waals surface area (Å²) in [7, 11) is 0. The Morgan fingerprint density at radius 3 is 2.39 bits per heavy atom. The van der Waals surface area contributed by atoms with Gasteiger partial charge in [-0.1, -0.05) is 31.2 Å². The molecule has 0 unspecified atom stereocenters. The normalized spacial score (nSPS) is 14.6. The van der Waals surface area contributed by atoms with Gasteiger partial charge in [0.15, 0.2) is 0 Å². The van der Waals surface area contributed by atoms with Crippen molar-refractivity contribution < 1.29 is 4.79 Å². The van der Waals surface area contributed by atoms with Crippen LogP contribution < -0.4 is 0 Å². The molecule has 1 aromatic rings. The monoisotopic (exact) mass is 265 g/mol. The summed E-state index contributed by atoms with van der Waals surface area (Å²) in [6.07, 6.45) is 3.78. The summed E-state index contributed by atoms with van der Waals surface area (Å²) in [5, 5.41) is 0. The second kappa shape index (κ2) is 6.24. The molecule has 0 spiro atoms. The summed E-state index contributed by atoms with van der Waals surface area (Å²) in [5.41, 5.74) is 2.55. The van der Waals surface area contributed by atoms with E-state index in [1.165, 1.54) is 11.1 Å². The summed E-state index contributed by atoms with van der Waals surface area (Å²) in [5.74, 6) is 0.601. The first kappa shape index (κ1) is 13.4. The van der Waals surface area contributed by atoms with Gasteiger partial charge >= 0.3 is 0 Å². The number of carbonyl (C=O) groups excluding carboxylic acids is 1. The van der Waals surface area contributed by atoms with Crippen LogP contribution in [0.25, 0.3) is 0 Å². The molecule has 2 nitrogen and oxygen atoms in total. The molecule has 2 rings (SSSR count). The summed E-state index contributed by atoms with van der Waals surface area (Å²) >= 11 is 5.66. The van der Waals surface area contributed by atoms with Gasteiger partial charge in [-0.05, 0) is 30.4 Å². The van der Waals surface area contributed by atoms with Gasteiger partial charge in [0.2, 0.25) is 5.91 Å². The first-order valence-corrected chi connectivity index (χ1v) is 7.21. The fraction of sp³-hybridized carbons (Fsp3) is 0.533. The van der Waals surface area contributed by atoms with Gasteiger partial charge in [0.1, 0.15) is 0 Å².